The number of benzene rings is 2. The number of nitrogens with one attached hydrogen (secondary N) is 1. The Morgan fingerprint density at radius 1 is 1.00 bits per heavy atom. The number of nitrogens with zero attached hydrogens (tertiary/aromatic N) is 1. The quantitative estimate of drug-likeness (QED) is 0.667. The maximum absolute atomic E-state index is 13.4. The Bertz CT molecular complexity index is 1110. The van der Waals surface area contributed by atoms with Gasteiger partial charge in [-0.15, -0.1) is 0 Å². The van der Waals surface area contributed by atoms with E-state index in [9.17, 15) is 19.5 Å². The summed E-state index contributed by atoms with van der Waals surface area (Å²) in [6.07, 6.45) is 2.22. The molecular formula is C28H32N2O5. The van der Waals surface area contributed by atoms with E-state index in [2.05, 4.69) is 29.6 Å². The molecule has 0 bridgehead atoms. The fourth-order valence-electron chi connectivity index (χ4n) is 6.18. The van der Waals surface area contributed by atoms with E-state index in [0.29, 0.717) is 25.3 Å². The van der Waals surface area contributed by atoms with Crippen molar-refractivity contribution in [3.63, 3.8) is 0 Å². The number of alkyl carbamates (subject to hydrolysis) is 1. The van der Waals surface area contributed by atoms with Crippen molar-refractivity contribution >= 4 is 18.0 Å². The van der Waals surface area contributed by atoms with E-state index in [0.717, 1.165) is 35.1 Å². The first-order valence-corrected chi connectivity index (χ1v) is 12.4. The number of carboxylic acids is 1. The number of aliphatic carboxylic acids is 1. The molecule has 184 valence electrons. The molecule has 1 saturated carbocycles. The first kappa shape index (κ1) is 23.4. The summed E-state index contributed by atoms with van der Waals surface area (Å²) in [7, 11) is 0. The number of amides is 2. The summed E-state index contributed by atoms with van der Waals surface area (Å²) in [6, 6.07) is 16.2. The molecule has 5 rings (SSSR count). The van der Waals surface area contributed by atoms with Gasteiger partial charge < -0.3 is 20.1 Å². The van der Waals surface area contributed by atoms with Crippen molar-refractivity contribution < 1.29 is 24.2 Å². The van der Waals surface area contributed by atoms with Gasteiger partial charge in [0.25, 0.3) is 0 Å². The fourth-order valence-corrected chi connectivity index (χ4v) is 6.18. The molecule has 2 amide bonds. The highest BCUT2D eigenvalue weighted by atomic mass is 16.5. The molecule has 7 nitrogen and oxygen atoms in total. The van der Waals surface area contributed by atoms with E-state index in [1.165, 1.54) is 0 Å². The van der Waals surface area contributed by atoms with Crippen molar-refractivity contribution in [1.29, 1.82) is 0 Å². The molecule has 2 aromatic rings. The number of rotatable bonds is 5. The molecule has 3 aliphatic rings. The van der Waals surface area contributed by atoms with Crippen molar-refractivity contribution in [3.05, 3.63) is 59.7 Å². The Morgan fingerprint density at radius 2 is 1.63 bits per heavy atom. The monoisotopic (exact) mass is 476 g/mol. The van der Waals surface area contributed by atoms with E-state index in [-0.39, 0.29) is 24.5 Å². The molecule has 3 atom stereocenters. The van der Waals surface area contributed by atoms with Crippen molar-refractivity contribution in [2.75, 3.05) is 13.2 Å². The Labute approximate surface area is 205 Å². The van der Waals surface area contributed by atoms with Crippen LogP contribution in [0.4, 0.5) is 4.79 Å². The van der Waals surface area contributed by atoms with E-state index >= 15 is 0 Å². The van der Waals surface area contributed by atoms with Gasteiger partial charge >= 0.3 is 12.1 Å². The standard InChI is InChI=1S/C28H32N2O5/c1-28(2,26(33)30-14-13-17-11-12-18(25(31)32)15-24(17)30)29-27(34)35-16-23-21-9-5-3-7-19(21)20-8-4-6-10-22(20)23/h3-10,17-18,23-24H,11-16H2,1-2H3,(H,29,34)(H,31,32). The maximum atomic E-state index is 13.4. The Morgan fingerprint density at radius 3 is 2.26 bits per heavy atom. The number of hydrogen-bond donors (Lipinski definition) is 2. The molecule has 2 fully saturated rings. The smallest absolute Gasteiger partial charge is 0.408 e. The summed E-state index contributed by atoms with van der Waals surface area (Å²) in [6.45, 7) is 4.14. The van der Waals surface area contributed by atoms with Crippen LogP contribution in [0, 0.1) is 11.8 Å². The molecule has 7 heteroatoms. The zero-order chi connectivity index (χ0) is 24.7. The first-order chi connectivity index (χ1) is 16.8. The molecule has 0 spiro atoms. The van der Waals surface area contributed by atoms with Crippen LogP contribution in [0.2, 0.25) is 0 Å². The molecule has 3 unspecified atom stereocenters. The van der Waals surface area contributed by atoms with Crippen LogP contribution >= 0.6 is 0 Å². The van der Waals surface area contributed by atoms with Gasteiger partial charge in [0.15, 0.2) is 0 Å². The van der Waals surface area contributed by atoms with E-state index in [1.807, 2.05) is 24.3 Å². The Kier molecular flexibility index (Phi) is 6.03. The minimum absolute atomic E-state index is 0.0542. The molecule has 2 aliphatic carbocycles. The maximum Gasteiger partial charge on any atom is 0.408 e. The Balaban J connectivity index is 1.23. The van der Waals surface area contributed by atoms with E-state index < -0.39 is 23.5 Å². The second kappa shape index (κ2) is 9.02. The minimum Gasteiger partial charge on any atom is -0.481 e. The summed E-state index contributed by atoms with van der Waals surface area (Å²) in [5.74, 6) is -1.12. The van der Waals surface area contributed by atoms with Crippen LogP contribution in [0.1, 0.15) is 56.6 Å². The van der Waals surface area contributed by atoms with Crippen molar-refractivity contribution in [2.24, 2.45) is 11.8 Å². The molecule has 35 heavy (non-hydrogen) atoms. The predicted octanol–water partition coefficient (Wildman–Crippen LogP) is 4.41. The third-order valence-electron chi connectivity index (χ3n) is 8.00. The number of hydrogen-bond acceptors (Lipinski definition) is 4. The van der Waals surface area contributed by atoms with Crippen molar-refractivity contribution in [1.82, 2.24) is 10.2 Å². The average molecular weight is 477 g/mol. The van der Waals surface area contributed by atoms with Gasteiger partial charge in [0.05, 0.1) is 5.92 Å². The number of likely N-dealkylation sites (tertiary alicyclic amines) is 1. The molecule has 1 aliphatic heterocycles. The van der Waals surface area contributed by atoms with Crippen LogP contribution in [-0.4, -0.2) is 52.7 Å². The van der Waals surface area contributed by atoms with Gasteiger partial charge in [-0.1, -0.05) is 48.5 Å². The highest BCUT2D eigenvalue weighted by Gasteiger charge is 2.46. The molecule has 0 radical (unpaired) electrons. The third kappa shape index (κ3) is 4.28. The number of carboxylic acid groups (broad SMARTS) is 1. The zero-order valence-corrected chi connectivity index (χ0v) is 20.2. The highest BCUT2D eigenvalue weighted by Crippen LogP contribution is 2.44. The normalized spacial score (nSPS) is 23.3. The topological polar surface area (TPSA) is 95.9 Å². The van der Waals surface area contributed by atoms with Gasteiger partial charge in [0.2, 0.25) is 5.91 Å². The van der Waals surface area contributed by atoms with Crippen LogP contribution in [0.5, 0.6) is 0 Å². The van der Waals surface area contributed by atoms with Crippen LogP contribution in [0.25, 0.3) is 11.1 Å². The van der Waals surface area contributed by atoms with E-state index in [4.69, 9.17) is 4.74 Å². The number of ether oxygens (including phenoxy) is 1. The minimum atomic E-state index is -1.16. The lowest BCUT2D eigenvalue weighted by atomic mass is 9.78. The molecule has 2 aromatic carbocycles. The summed E-state index contributed by atoms with van der Waals surface area (Å²) < 4.78 is 5.64. The van der Waals surface area contributed by atoms with Crippen LogP contribution in [0.3, 0.4) is 0 Å². The average Bonchev–Trinajstić information content (AvgIpc) is 3.40. The first-order valence-electron chi connectivity index (χ1n) is 12.4. The summed E-state index contributed by atoms with van der Waals surface area (Å²) >= 11 is 0. The van der Waals surface area contributed by atoms with Crippen LogP contribution < -0.4 is 5.32 Å². The largest absolute Gasteiger partial charge is 0.481 e. The highest BCUT2D eigenvalue weighted by molar-refractivity contribution is 5.89. The molecule has 1 heterocycles. The van der Waals surface area contributed by atoms with Gasteiger partial charge in [-0.25, -0.2) is 4.79 Å². The molecular weight excluding hydrogens is 444 g/mol. The van der Waals surface area contributed by atoms with Gasteiger partial charge in [-0.2, -0.15) is 0 Å². The lowest BCUT2D eigenvalue weighted by Gasteiger charge is -2.38. The molecule has 2 N–H and O–H groups in total. The molecule has 1 saturated heterocycles. The van der Waals surface area contributed by atoms with Crippen LogP contribution in [-0.2, 0) is 14.3 Å². The van der Waals surface area contributed by atoms with Crippen molar-refractivity contribution in [3.8, 4) is 11.1 Å². The zero-order valence-electron chi connectivity index (χ0n) is 20.2. The number of carbonyl (C=O) groups excluding carboxylic acids is 2. The van der Waals surface area contributed by atoms with Crippen LogP contribution in [0.15, 0.2) is 48.5 Å². The van der Waals surface area contributed by atoms with Gasteiger partial charge in [-0.05, 0) is 67.7 Å². The second-order valence-corrected chi connectivity index (χ2v) is 10.5. The van der Waals surface area contributed by atoms with Crippen molar-refractivity contribution in [2.45, 2.75) is 57.0 Å². The fraction of sp³-hybridized carbons (Fsp3) is 0.464. The lowest BCUT2D eigenvalue weighted by Crippen LogP contribution is -2.58. The SMILES string of the molecule is CC(C)(NC(=O)OCC1c2ccccc2-c2ccccc21)C(=O)N1CCC2CCC(C(=O)O)CC21. The summed E-state index contributed by atoms with van der Waals surface area (Å²) in [5, 5.41) is 12.2. The van der Waals surface area contributed by atoms with Gasteiger partial charge in [-0.3, -0.25) is 9.59 Å². The van der Waals surface area contributed by atoms with Gasteiger partial charge in [0, 0.05) is 18.5 Å². The Hall–Kier alpha value is -3.35. The molecule has 0 aromatic heterocycles. The van der Waals surface area contributed by atoms with E-state index in [1.54, 1.807) is 18.7 Å². The van der Waals surface area contributed by atoms with Gasteiger partial charge in [0.1, 0.15) is 12.1 Å². The number of carbonyl (C=O) groups is 3. The lowest BCUT2D eigenvalue weighted by molar-refractivity contribution is -0.146. The summed E-state index contributed by atoms with van der Waals surface area (Å²) in [4.78, 5) is 39.5. The number of fused-ring (bicyclic) bond motifs is 4. The summed E-state index contributed by atoms with van der Waals surface area (Å²) in [5.41, 5.74) is 3.41. The second-order valence-electron chi connectivity index (χ2n) is 10.5. The predicted molar refractivity (Wildman–Crippen MR) is 131 cm³/mol. The third-order valence-corrected chi connectivity index (χ3v) is 8.00.